The SMILES string of the molecule is Cc1cc(-c2nc(-c3ccccc3)nn2CC(=O)N2CCN(c3ncccn3)CC2)ccc1F. The molecule has 0 N–H and O–H groups in total. The molecule has 1 saturated heterocycles. The maximum absolute atomic E-state index is 13.9. The number of piperazine rings is 1. The highest BCUT2D eigenvalue weighted by Gasteiger charge is 2.24. The van der Waals surface area contributed by atoms with Crippen molar-refractivity contribution in [1.82, 2.24) is 29.6 Å². The van der Waals surface area contributed by atoms with Crippen LogP contribution in [0.1, 0.15) is 5.56 Å². The van der Waals surface area contributed by atoms with E-state index in [1.54, 1.807) is 42.2 Å². The fourth-order valence-electron chi connectivity index (χ4n) is 4.00. The molecular formula is C25H24FN7O. The third-order valence-corrected chi connectivity index (χ3v) is 5.87. The number of aromatic nitrogens is 5. The van der Waals surface area contributed by atoms with Crippen LogP contribution in [0.2, 0.25) is 0 Å². The number of benzene rings is 2. The third kappa shape index (κ3) is 4.50. The van der Waals surface area contributed by atoms with E-state index in [2.05, 4.69) is 20.0 Å². The van der Waals surface area contributed by atoms with E-state index >= 15 is 0 Å². The van der Waals surface area contributed by atoms with E-state index in [1.165, 1.54) is 6.07 Å². The van der Waals surface area contributed by atoms with Crippen molar-refractivity contribution >= 4 is 11.9 Å². The largest absolute Gasteiger partial charge is 0.338 e. The number of halogens is 1. The van der Waals surface area contributed by atoms with Gasteiger partial charge in [0.25, 0.3) is 0 Å². The third-order valence-electron chi connectivity index (χ3n) is 5.87. The summed E-state index contributed by atoms with van der Waals surface area (Å²) in [5.41, 5.74) is 2.08. The standard InChI is InChI=1S/C25H24FN7O/c1-18-16-20(8-9-21(18)26)24-29-23(19-6-3-2-4-7-19)30-33(24)17-22(34)31-12-14-32(15-13-31)25-27-10-5-11-28-25/h2-11,16H,12-15,17H2,1H3. The molecule has 0 radical (unpaired) electrons. The highest BCUT2D eigenvalue weighted by atomic mass is 19.1. The van der Waals surface area contributed by atoms with E-state index in [0.29, 0.717) is 54.9 Å². The van der Waals surface area contributed by atoms with Gasteiger partial charge < -0.3 is 9.80 Å². The van der Waals surface area contributed by atoms with Crippen LogP contribution in [0.4, 0.5) is 10.3 Å². The molecular weight excluding hydrogens is 433 g/mol. The molecule has 9 heteroatoms. The van der Waals surface area contributed by atoms with Crippen LogP contribution in [0.5, 0.6) is 0 Å². The number of anilines is 1. The molecule has 3 heterocycles. The van der Waals surface area contributed by atoms with Gasteiger partial charge in [0.2, 0.25) is 11.9 Å². The highest BCUT2D eigenvalue weighted by Crippen LogP contribution is 2.24. The first-order valence-corrected chi connectivity index (χ1v) is 11.1. The van der Waals surface area contributed by atoms with Crippen molar-refractivity contribution in [3.63, 3.8) is 0 Å². The van der Waals surface area contributed by atoms with Crippen molar-refractivity contribution in [2.45, 2.75) is 13.5 Å². The van der Waals surface area contributed by atoms with Crippen LogP contribution in [0.15, 0.2) is 67.0 Å². The molecule has 0 aliphatic carbocycles. The monoisotopic (exact) mass is 457 g/mol. The van der Waals surface area contributed by atoms with E-state index in [1.807, 2.05) is 35.2 Å². The van der Waals surface area contributed by atoms with Gasteiger partial charge in [0.15, 0.2) is 11.6 Å². The smallest absolute Gasteiger partial charge is 0.244 e. The molecule has 1 fully saturated rings. The average molecular weight is 458 g/mol. The lowest BCUT2D eigenvalue weighted by Crippen LogP contribution is -2.50. The van der Waals surface area contributed by atoms with Crippen molar-refractivity contribution < 1.29 is 9.18 Å². The summed E-state index contributed by atoms with van der Waals surface area (Å²) < 4.78 is 15.5. The highest BCUT2D eigenvalue weighted by molar-refractivity contribution is 5.77. The number of rotatable bonds is 5. The molecule has 0 spiro atoms. The molecule has 0 unspecified atom stereocenters. The fourth-order valence-corrected chi connectivity index (χ4v) is 4.00. The number of hydrogen-bond donors (Lipinski definition) is 0. The predicted octanol–water partition coefficient (Wildman–Crippen LogP) is 3.20. The van der Waals surface area contributed by atoms with Gasteiger partial charge in [0.1, 0.15) is 12.4 Å². The summed E-state index contributed by atoms with van der Waals surface area (Å²) in [5.74, 6) is 1.41. The van der Waals surface area contributed by atoms with Crippen LogP contribution in [0, 0.1) is 12.7 Å². The van der Waals surface area contributed by atoms with Crippen LogP contribution in [0.25, 0.3) is 22.8 Å². The Labute approximate surface area is 196 Å². The quantitative estimate of drug-likeness (QED) is 0.458. The number of nitrogens with zero attached hydrogens (tertiary/aromatic N) is 7. The number of carbonyl (C=O) groups is 1. The van der Waals surface area contributed by atoms with E-state index < -0.39 is 0 Å². The van der Waals surface area contributed by atoms with Gasteiger partial charge in [0, 0.05) is 49.7 Å². The normalized spacial score (nSPS) is 13.8. The summed E-state index contributed by atoms with van der Waals surface area (Å²) in [6, 6.07) is 16.2. The Balaban J connectivity index is 1.37. The second-order valence-electron chi connectivity index (χ2n) is 8.16. The zero-order valence-electron chi connectivity index (χ0n) is 18.8. The van der Waals surface area contributed by atoms with Crippen molar-refractivity contribution in [3.05, 3.63) is 78.4 Å². The van der Waals surface area contributed by atoms with Gasteiger partial charge in [-0.2, -0.15) is 0 Å². The molecule has 5 rings (SSSR count). The van der Waals surface area contributed by atoms with Crippen LogP contribution >= 0.6 is 0 Å². The number of aryl methyl sites for hydroxylation is 1. The van der Waals surface area contributed by atoms with Crippen molar-refractivity contribution in [3.8, 4) is 22.8 Å². The lowest BCUT2D eigenvalue weighted by Gasteiger charge is -2.34. The summed E-state index contributed by atoms with van der Waals surface area (Å²) in [4.78, 5) is 30.4. The summed E-state index contributed by atoms with van der Waals surface area (Å²) in [6.45, 7) is 4.22. The Kier molecular flexibility index (Phi) is 5.99. The lowest BCUT2D eigenvalue weighted by molar-refractivity contribution is -0.132. The van der Waals surface area contributed by atoms with Gasteiger partial charge in [-0.3, -0.25) is 4.79 Å². The zero-order valence-corrected chi connectivity index (χ0v) is 18.8. The van der Waals surface area contributed by atoms with Gasteiger partial charge >= 0.3 is 0 Å². The number of hydrogen-bond acceptors (Lipinski definition) is 6. The first-order chi connectivity index (χ1) is 16.6. The topological polar surface area (TPSA) is 80.0 Å². The van der Waals surface area contributed by atoms with Crippen LogP contribution in [-0.4, -0.2) is 61.7 Å². The van der Waals surface area contributed by atoms with Crippen LogP contribution in [-0.2, 0) is 11.3 Å². The summed E-state index contributed by atoms with van der Waals surface area (Å²) in [7, 11) is 0. The predicted molar refractivity (Wildman–Crippen MR) is 126 cm³/mol. The maximum Gasteiger partial charge on any atom is 0.244 e. The first-order valence-electron chi connectivity index (χ1n) is 11.1. The molecule has 4 aromatic rings. The minimum absolute atomic E-state index is 0.0433. The summed E-state index contributed by atoms with van der Waals surface area (Å²) >= 11 is 0. The number of amides is 1. The van der Waals surface area contributed by atoms with Crippen LogP contribution < -0.4 is 4.90 Å². The Bertz CT molecular complexity index is 1290. The van der Waals surface area contributed by atoms with Gasteiger partial charge in [-0.05, 0) is 36.8 Å². The average Bonchev–Trinajstić information content (AvgIpc) is 3.30. The second kappa shape index (κ2) is 9.38. The van der Waals surface area contributed by atoms with Crippen molar-refractivity contribution in [2.75, 3.05) is 31.1 Å². The minimum Gasteiger partial charge on any atom is -0.338 e. The summed E-state index contributed by atoms with van der Waals surface area (Å²) in [6.07, 6.45) is 3.43. The van der Waals surface area contributed by atoms with Gasteiger partial charge in [-0.15, -0.1) is 5.10 Å². The Hall–Kier alpha value is -4.14. The minimum atomic E-state index is -0.283. The fraction of sp³-hybridized carbons (Fsp3) is 0.240. The van der Waals surface area contributed by atoms with E-state index in [9.17, 15) is 9.18 Å². The molecule has 8 nitrogen and oxygen atoms in total. The molecule has 1 aliphatic rings. The first kappa shape index (κ1) is 21.7. The Morgan fingerprint density at radius 2 is 1.68 bits per heavy atom. The lowest BCUT2D eigenvalue weighted by atomic mass is 10.1. The van der Waals surface area contributed by atoms with Gasteiger partial charge in [0.05, 0.1) is 0 Å². The molecule has 1 amide bonds. The molecule has 2 aromatic heterocycles. The van der Waals surface area contributed by atoms with Gasteiger partial charge in [-0.25, -0.2) is 24.0 Å². The zero-order chi connectivity index (χ0) is 23.5. The number of carbonyl (C=O) groups excluding carboxylic acids is 1. The Morgan fingerprint density at radius 1 is 0.941 bits per heavy atom. The second-order valence-corrected chi connectivity index (χ2v) is 8.16. The van der Waals surface area contributed by atoms with E-state index in [0.717, 1.165) is 5.56 Å². The molecule has 2 aromatic carbocycles. The molecule has 0 bridgehead atoms. The molecule has 172 valence electrons. The Morgan fingerprint density at radius 3 is 2.38 bits per heavy atom. The molecule has 34 heavy (non-hydrogen) atoms. The van der Waals surface area contributed by atoms with E-state index in [-0.39, 0.29) is 18.3 Å². The van der Waals surface area contributed by atoms with Crippen LogP contribution in [0.3, 0.4) is 0 Å². The maximum atomic E-state index is 13.9. The molecule has 0 saturated carbocycles. The molecule has 0 atom stereocenters. The summed E-state index contributed by atoms with van der Waals surface area (Å²) in [5, 5.41) is 4.64. The van der Waals surface area contributed by atoms with Crippen molar-refractivity contribution in [1.29, 1.82) is 0 Å². The molecule has 1 aliphatic heterocycles. The van der Waals surface area contributed by atoms with Gasteiger partial charge in [-0.1, -0.05) is 30.3 Å². The van der Waals surface area contributed by atoms with Crippen molar-refractivity contribution in [2.24, 2.45) is 0 Å². The van der Waals surface area contributed by atoms with E-state index in [4.69, 9.17) is 4.98 Å².